The van der Waals surface area contributed by atoms with Crippen LogP contribution in [0.2, 0.25) is 5.02 Å². The molecule has 0 aliphatic heterocycles. The van der Waals surface area contributed by atoms with Crippen LogP contribution < -0.4 is 10.6 Å². The Kier molecular flexibility index (Phi) is 5.15. The van der Waals surface area contributed by atoms with Crippen LogP contribution >= 0.6 is 22.9 Å². The van der Waals surface area contributed by atoms with Crippen LogP contribution in [0.3, 0.4) is 0 Å². The smallest absolute Gasteiger partial charge is 0.259 e. The highest BCUT2D eigenvalue weighted by atomic mass is 35.5. The molecule has 4 nitrogen and oxygen atoms in total. The molecule has 0 saturated carbocycles. The molecule has 1 aliphatic carbocycles. The number of carbonyl (C=O) groups is 2. The number of nitrogens with one attached hydrogen (secondary N) is 2. The van der Waals surface area contributed by atoms with E-state index in [4.69, 9.17) is 11.6 Å². The third-order valence-electron chi connectivity index (χ3n) is 4.62. The third-order valence-corrected chi connectivity index (χ3v) is 6.15. The molecule has 1 heterocycles. The zero-order chi connectivity index (χ0) is 19.7. The number of benzene rings is 2. The van der Waals surface area contributed by atoms with Crippen LogP contribution in [-0.4, -0.2) is 11.8 Å². The molecule has 2 aromatic carbocycles. The second kappa shape index (κ2) is 7.73. The zero-order valence-electron chi connectivity index (χ0n) is 14.7. The second-order valence-corrected chi connectivity index (χ2v) is 7.94. The maximum absolute atomic E-state index is 13.9. The van der Waals surface area contributed by atoms with Gasteiger partial charge in [0.15, 0.2) is 0 Å². The average Bonchev–Trinajstić information content (AvgIpc) is 3.24. The van der Waals surface area contributed by atoms with Gasteiger partial charge in [-0.05, 0) is 49.1 Å². The van der Waals surface area contributed by atoms with Crippen molar-refractivity contribution in [1.82, 2.24) is 0 Å². The summed E-state index contributed by atoms with van der Waals surface area (Å²) >= 11 is 7.52. The SMILES string of the molecule is O=C(Nc1sc2c(c1C(=O)Nc1ccccc1Cl)CCC2)c1ccccc1F. The van der Waals surface area contributed by atoms with Gasteiger partial charge in [-0.15, -0.1) is 11.3 Å². The number of halogens is 2. The van der Waals surface area contributed by atoms with Gasteiger partial charge in [-0.1, -0.05) is 35.9 Å². The summed E-state index contributed by atoms with van der Waals surface area (Å²) in [6.07, 6.45) is 2.60. The van der Waals surface area contributed by atoms with E-state index in [9.17, 15) is 14.0 Å². The number of hydrogen-bond donors (Lipinski definition) is 2. The predicted molar refractivity (Wildman–Crippen MR) is 110 cm³/mol. The van der Waals surface area contributed by atoms with Crippen LogP contribution in [0.5, 0.6) is 0 Å². The first-order valence-corrected chi connectivity index (χ1v) is 10.0. The van der Waals surface area contributed by atoms with E-state index >= 15 is 0 Å². The Balaban J connectivity index is 1.66. The summed E-state index contributed by atoms with van der Waals surface area (Å²) in [5.41, 5.74) is 1.81. The van der Waals surface area contributed by atoms with E-state index in [0.717, 1.165) is 29.7 Å². The summed E-state index contributed by atoms with van der Waals surface area (Å²) in [5, 5.41) is 6.40. The van der Waals surface area contributed by atoms with E-state index in [1.807, 2.05) is 0 Å². The van der Waals surface area contributed by atoms with Crippen LogP contribution in [0.15, 0.2) is 48.5 Å². The molecule has 0 spiro atoms. The van der Waals surface area contributed by atoms with Crippen molar-refractivity contribution in [3.63, 3.8) is 0 Å². The van der Waals surface area contributed by atoms with Crippen molar-refractivity contribution in [2.45, 2.75) is 19.3 Å². The van der Waals surface area contributed by atoms with Gasteiger partial charge >= 0.3 is 0 Å². The van der Waals surface area contributed by atoms with Gasteiger partial charge in [-0.2, -0.15) is 0 Å². The molecule has 142 valence electrons. The van der Waals surface area contributed by atoms with Gasteiger partial charge in [0.2, 0.25) is 0 Å². The van der Waals surface area contributed by atoms with Crippen LogP contribution in [0.4, 0.5) is 15.1 Å². The highest BCUT2D eigenvalue weighted by molar-refractivity contribution is 7.17. The lowest BCUT2D eigenvalue weighted by Gasteiger charge is -2.11. The number of amides is 2. The Morgan fingerprint density at radius 1 is 0.964 bits per heavy atom. The lowest BCUT2D eigenvalue weighted by molar-refractivity contribution is 0.102. The lowest BCUT2D eigenvalue weighted by atomic mass is 10.1. The highest BCUT2D eigenvalue weighted by Gasteiger charge is 2.28. The molecule has 1 aliphatic rings. The van der Waals surface area contributed by atoms with Gasteiger partial charge < -0.3 is 10.6 Å². The van der Waals surface area contributed by atoms with Gasteiger partial charge in [0, 0.05) is 4.88 Å². The van der Waals surface area contributed by atoms with Crippen molar-refractivity contribution >= 4 is 45.4 Å². The number of anilines is 2. The second-order valence-electron chi connectivity index (χ2n) is 6.43. The summed E-state index contributed by atoms with van der Waals surface area (Å²) in [4.78, 5) is 26.6. The maximum Gasteiger partial charge on any atom is 0.259 e. The molecular weight excluding hydrogens is 399 g/mol. The van der Waals surface area contributed by atoms with Crippen molar-refractivity contribution in [1.29, 1.82) is 0 Å². The Morgan fingerprint density at radius 3 is 2.50 bits per heavy atom. The minimum absolute atomic E-state index is 0.0616. The van der Waals surface area contributed by atoms with Gasteiger partial charge in [-0.3, -0.25) is 9.59 Å². The van der Waals surface area contributed by atoms with E-state index in [0.29, 0.717) is 21.3 Å². The molecule has 0 saturated heterocycles. The molecule has 1 aromatic heterocycles. The number of hydrogen-bond acceptors (Lipinski definition) is 3. The number of rotatable bonds is 4. The van der Waals surface area contributed by atoms with Crippen molar-refractivity contribution < 1.29 is 14.0 Å². The number of para-hydroxylation sites is 1. The summed E-state index contributed by atoms with van der Waals surface area (Å²) in [6, 6.07) is 12.7. The Labute approximate surface area is 170 Å². The molecule has 0 fully saturated rings. The standard InChI is InChI=1S/C21H16ClFN2O2S/c22-14-8-2-4-10-16(14)24-20(27)18-13-7-5-11-17(13)28-21(18)25-19(26)12-6-1-3-9-15(12)23/h1-4,6,8-10H,5,7,11H2,(H,24,27)(H,25,26). The molecule has 3 aromatic rings. The topological polar surface area (TPSA) is 58.2 Å². The molecule has 28 heavy (non-hydrogen) atoms. The van der Waals surface area contributed by atoms with E-state index in [1.165, 1.54) is 29.5 Å². The van der Waals surface area contributed by atoms with Gasteiger partial charge in [0.1, 0.15) is 10.8 Å². The van der Waals surface area contributed by atoms with Crippen molar-refractivity contribution in [2.24, 2.45) is 0 Å². The maximum atomic E-state index is 13.9. The monoisotopic (exact) mass is 414 g/mol. The van der Waals surface area contributed by atoms with Crippen LogP contribution in [0.25, 0.3) is 0 Å². The first kappa shape index (κ1) is 18.7. The Hall–Kier alpha value is -2.70. The number of aryl methyl sites for hydroxylation is 1. The zero-order valence-corrected chi connectivity index (χ0v) is 16.3. The van der Waals surface area contributed by atoms with Crippen molar-refractivity contribution in [2.75, 3.05) is 10.6 Å². The minimum Gasteiger partial charge on any atom is -0.321 e. The Morgan fingerprint density at radius 2 is 1.71 bits per heavy atom. The van der Waals surface area contributed by atoms with E-state index in [2.05, 4.69) is 10.6 Å². The fourth-order valence-corrected chi connectivity index (χ4v) is 4.76. The molecule has 2 N–H and O–H groups in total. The average molecular weight is 415 g/mol. The summed E-state index contributed by atoms with van der Waals surface area (Å²) in [6.45, 7) is 0. The quantitative estimate of drug-likeness (QED) is 0.589. The molecule has 0 atom stereocenters. The normalized spacial score (nSPS) is 12.5. The number of thiophene rings is 1. The third kappa shape index (κ3) is 3.53. The molecule has 4 rings (SSSR count). The fourth-order valence-electron chi connectivity index (χ4n) is 3.30. The molecule has 2 amide bonds. The van der Waals surface area contributed by atoms with Gasteiger partial charge in [0.05, 0.1) is 21.8 Å². The highest BCUT2D eigenvalue weighted by Crippen LogP contribution is 2.40. The summed E-state index contributed by atoms with van der Waals surface area (Å²) in [7, 11) is 0. The molecule has 7 heteroatoms. The fraction of sp³-hybridized carbons (Fsp3) is 0.143. The first-order valence-electron chi connectivity index (χ1n) is 8.81. The van der Waals surface area contributed by atoms with Crippen LogP contribution in [0.1, 0.15) is 37.6 Å². The first-order chi connectivity index (χ1) is 13.5. The van der Waals surface area contributed by atoms with Crippen LogP contribution in [0, 0.1) is 5.82 Å². The van der Waals surface area contributed by atoms with E-state index in [-0.39, 0.29) is 11.5 Å². The van der Waals surface area contributed by atoms with Crippen LogP contribution in [-0.2, 0) is 12.8 Å². The summed E-state index contributed by atoms with van der Waals surface area (Å²) in [5.74, 6) is -1.52. The van der Waals surface area contributed by atoms with Crippen molar-refractivity contribution in [3.8, 4) is 0 Å². The van der Waals surface area contributed by atoms with Gasteiger partial charge in [-0.25, -0.2) is 4.39 Å². The largest absolute Gasteiger partial charge is 0.321 e. The number of carbonyl (C=O) groups excluding carboxylic acids is 2. The van der Waals surface area contributed by atoms with Crippen molar-refractivity contribution in [3.05, 3.63) is 80.9 Å². The molecule has 0 unspecified atom stereocenters. The summed E-state index contributed by atoms with van der Waals surface area (Å²) < 4.78 is 13.9. The van der Waals surface area contributed by atoms with Gasteiger partial charge in [0.25, 0.3) is 11.8 Å². The number of fused-ring (bicyclic) bond motifs is 1. The van der Waals surface area contributed by atoms with E-state index < -0.39 is 11.7 Å². The lowest BCUT2D eigenvalue weighted by Crippen LogP contribution is -2.18. The molecular formula is C21H16ClFN2O2S. The molecule has 0 bridgehead atoms. The van der Waals surface area contributed by atoms with E-state index in [1.54, 1.807) is 30.3 Å². The minimum atomic E-state index is -0.605. The molecule has 0 radical (unpaired) electrons. The predicted octanol–water partition coefficient (Wildman–Crippen LogP) is 5.53. The Bertz CT molecular complexity index is 1080.